The number of hydrogen-bond acceptors (Lipinski definition) is 5. The Bertz CT molecular complexity index is 1130. The van der Waals surface area contributed by atoms with Crippen molar-refractivity contribution < 1.29 is 9.47 Å². The van der Waals surface area contributed by atoms with E-state index in [4.69, 9.17) is 21.1 Å². The lowest BCUT2D eigenvalue weighted by Gasteiger charge is -2.20. The summed E-state index contributed by atoms with van der Waals surface area (Å²) in [7, 11) is 8.18. The number of benzene rings is 3. The Kier molecular flexibility index (Phi) is 13.1. The topological polar surface area (TPSA) is 37.8 Å². The molecular formula is C33H40ClN3O2. The van der Waals surface area contributed by atoms with E-state index in [1.807, 2.05) is 68.7 Å². The third-order valence-corrected chi connectivity index (χ3v) is 6.23. The molecule has 6 heteroatoms. The van der Waals surface area contributed by atoms with Crippen molar-refractivity contribution in [3.8, 4) is 0 Å². The van der Waals surface area contributed by atoms with Gasteiger partial charge in [0, 0.05) is 24.3 Å². The first-order chi connectivity index (χ1) is 18.9. The first-order valence-corrected chi connectivity index (χ1v) is 13.6. The highest BCUT2D eigenvalue weighted by Gasteiger charge is 2.16. The van der Waals surface area contributed by atoms with Crippen molar-refractivity contribution in [3.05, 3.63) is 137 Å². The standard InChI is InChI=1S/C17H21NO.C16H19ClN2O/c1-18(2)13-14-19-17(15-9-5-3-6-10-15)16-11-7-4-8-12-16;1-19(2)11-12-20-16(15-5-3-4-10-18-15)13-6-8-14(17)9-7-13/h3-12,17H,13-14H2,1-2H3;3-10,16H,11-12H2,1-2H3. The summed E-state index contributed by atoms with van der Waals surface area (Å²) in [6.45, 7) is 3.17. The van der Waals surface area contributed by atoms with E-state index in [2.05, 4.69) is 77.4 Å². The molecule has 0 saturated heterocycles. The molecule has 0 bridgehead atoms. The zero-order chi connectivity index (χ0) is 27.9. The monoisotopic (exact) mass is 545 g/mol. The lowest BCUT2D eigenvalue weighted by atomic mass is 10.0. The first-order valence-electron chi connectivity index (χ1n) is 13.2. The highest BCUT2D eigenvalue weighted by Crippen LogP contribution is 2.26. The van der Waals surface area contributed by atoms with Crippen molar-refractivity contribution in [1.82, 2.24) is 14.8 Å². The second kappa shape index (κ2) is 16.8. The number of hydrogen-bond donors (Lipinski definition) is 0. The Hall–Kier alpha value is -3.06. The Morgan fingerprint density at radius 3 is 1.51 bits per heavy atom. The van der Waals surface area contributed by atoms with Gasteiger partial charge in [0.05, 0.1) is 18.9 Å². The molecule has 4 aromatic rings. The molecular weight excluding hydrogens is 506 g/mol. The van der Waals surface area contributed by atoms with E-state index in [-0.39, 0.29) is 12.2 Å². The summed E-state index contributed by atoms with van der Waals surface area (Å²) in [5, 5.41) is 0.724. The van der Waals surface area contributed by atoms with Gasteiger partial charge in [-0.2, -0.15) is 0 Å². The molecule has 0 aliphatic rings. The molecule has 0 N–H and O–H groups in total. The van der Waals surface area contributed by atoms with Crippen LogP contribution in [0.2, 0.25) is 5.02 Å². The summed E-state index contributed by atoms with van der Waals surface area (Å²) >= 11 is 5.95. The number of halogens is 1. The average Bonchev–Trinajstić information content (AvgIpc) is 2.96. The van der Waals surface area contributed by atoms with Crippen LogP contribution in [0.3, 0.4) is 0 Å². The van der Waals surface area contributed by atoms with Crippen molar-refractivity contribution in [2.24, 2.45) is 0 Å². The number of aromatic nitrogens is 1. The summed E-state index contributed by atoms with van der Waals surface area (Å²) in [6, 6.07) is 34.3. The summed E-state index contributed by atoms with van der Waals surface area (Å²) in [4.78, 5) is 8.63. The van der Waals surface area contributed by atoms with Crippen LogP contribution in [0.4, 0.5) is 0 Å². The maximum Gasteiger partial charge on any atom is 0.124 e. The van der Waals surface area contributed by atoms with E-state index in [0.717, 1.165) is 36.0 Å². The van der Waals surface area contributed by atoms with E-state index in [1.54, 1.807) is 6.20 Å². The quantitative estimate of drug-likeness (QED) is 0.197. The Morgan fingerprint density at radius 2 is 1.05 bits per heavy atom. The smallest absolute Gasteiger partial charge is 0.124 e. The fourth-order valence-electron chi connectivity index (χ4n) is 3.87. The molecule has 0 amide bonds. The van der Waals surface area contributed by atoms with Gasteiger partial charge in [0.15, 0.2) is 0 Å². The number of pyridine rings is 1. The van der Waals surface area contributed by atoms with Crippen LogP contribution in [0.15, 0.2) is 109 Å². The van der Waals surface area contributed by atoms with E-state index >= 15 is 0 Å². The van der Waals surface area contributed by atoms with Gasteiger partial charge >= 0.3 is 0 Å². The minimum absolute atomic E-state index is 0.0161. The second-order valence-corrected chi connectivity index (χ2v) is 10.2. The molecule has 0 aliphatic heterocycles. The molecule has 0 saturated carbocycles. The molecule has 0 radical (unpaired) electrons. The van der Waals surface area contributed by atoms with Crippen LogP contribution in [-0.2, 0) is 9.47 Å². The fraction of sp³-hybridized carbons (Fsp3) is 0.303. The van der Waals surface area contributed by atoms with Crippen molar-refractivity contribution in [2.45, 2.75) is 12.2 Å². The highest BCUT2D eigenvalue weighted by molar-refractivity contribution is 6.30. The minimum Gasteiger partial charge on any atom is -0.367 e. The number of nitrogens with zero attached hydrogens (tertiary/aromatic N) is 3. The van der Waals surface area contributed by atoms with Crippen LogP contribution in [0.25, 0.3) is 0 Å². The first kappa shape index (κ1) is 30.5. The SMILES string of the molecule is CN(C)CCOC(c1ccc(Cl)cc1)c1ccccn1.CN(C)CCOC(c1ccccc1)c1ccccc1. The zero-order valence-electron chi connectivity index (χ0n) is 23.4. The van der Waals surface area contributed by atoms with Crippen LogP contribution in [-0.4, -0.2) is 69.3 Å². The van der Waals surface area contributed by atoms with Gasteiger partial charge in [-0.05, 0) is 69.1 Å². The van der Waals surface area contributed by atoms with Crippen molar-refractivity contribution in [1.29, 1.82) is 0 Å². The van der Waals surface area contributed by atoms with Gasteiger partial charge in [-0.15, -0.1) is 0 Å². The van der Waals surface area contributed by atoms with Crippen LogP contribution in [0.1, 0.15) is 34.6 Å². The molecule has 5 nitrogen and oxygen atoms in total. The molecule has 4 rings (SSSR count). The minimum atomic E-state index is -0.159. The fourth-order valence-corrected chi connectivity index (χ4v) is 3.99. The predicted molar refractivity (Wildman–Crippen MR) is 161 cm³/mol. The van der Waals surface area contributed by atoms with Gasteiger partial charge < -0.3 is 19.3 Å². The van der Waals surface area contributed by atoms with E-state index in [0.29, 0.717) is 6.61 Å². The predicted octanol–water partition coefficient (Wildman–Crippen LogP) is 6.76. The Morgan fingerprint density at radius 1 is 0.590 bits per heavy atom. The van der Waals surface area contributed by atoms with Gasteiger partial charge in [-0.3, -0.25) is 4.98 Å². The van der Waals surface area contributed by atoms with Gasteiger partial charge in [-0.25, -0.2) is 0 Å². The summed E-state index contributed by atoms with van der Waals surface area (Å²) in [5.74, 6) is 0. The molecule has 1 aromatic heterocycles. The largest absolute Gasteiger partial charge is 0.367 e. The molecule has 206 valence electrons. The average molecular weight is 546 g/mol. The Balaban J connectivity index is 0.000000216. The normalized spacial score (nSPS) is 11.9. The van der Waals surface area contributed by atoms with Gasteiger partial charge in [0.2, 0.25) is 0 Å². The number of rotatable bonds is 12. The van der Waals surface area contributed by atoms with Crippen molar-refractivity contribution in [3.63, 3.8) is 0 Å². The van der Waals surface area contributed by atoms with E-state index in [1.165, 1.54) is 11.1 Å². The molecule has 0 aliphatic carbocycles. The van der Waals surface area contributed by atoms with Crippen LogP contribution in [0, 0.1) is 0 Å². The summed E-state index contributed by atoms with van der Waals surface area (Å²) in [5.41, 5.74) is 4.38. The number of likely N-dealkylation sites (N-methyl/N-ethyl adjacent to an activating group) is 2. The third kappa shape index (κ3) is 10.9. The van der Waals surface area contributed by atoms with E-state index in [9.17, 15) is 0 Å². The Labute approximate surface area is 239 Å². The maximum atomic E-state index is 6.08. The van der Waals surface area contributed by atoms with Crippen LogP contribution < -0.4 is 0 Å². The maximum absolute atomic E-state index is 6.08. The summed E-state index contributed by atoms with van der Waals surface area (Å²) < 4.78 is 12.1. The summed E-state index contributed by atoms with van der Waals surface area (Å²) in [6.07, 6.45) is 1.64. The molecule has 0 fully saturated rings. The van der Waals surface area contributed by atoms with Crippen molar-refractivity contribution in [2.75, 3.05) is 54.5 Å². The second-order valence-electron chi connectivity index (χ2n) is 9.74. The molecule has 1 atom stereocenters. The number of ether oxygens (including phenoxy) is 2. The molecule has 0 spiro atoms. The molecule has 1 unspecified atom stereocenters. The van der Waals surface area contributed by atoms with Gasteiger partial charge in [0.1, 0.15) is 12.2 Å². The lowest BCUT2D eigenvalue weighted by molar-refractivity contribution is 0.0662. The van der Waals surface area contributed by atoms with Crippen LogP contribution in [0.5, 0.6) is 0 Å². The van der Waals surface area contributed by atoms with Gasteiger partial charge in [0.25, 0.3) is 0 Å². The molecule has 3 aromatic carbocycles. The van der Waals surface area contributed by atoms with Crippen molar-refractivity contribution >= 4 is 11.6 Å². The van der Waals surface area contributed by atoms with E-state index < -0.39 is 0 Å². The van der Waals surface area contributed by atoms with Gasteiger partial charge in [-0.1, -0.05) is 90.5 Å². The molecule has 39 heavy (non-hydrogen) atoms. The lowest BCUT2D eigenvalue weighted by Crippen LogP contribution is -2.20. The zero-order valence-corrected chi connectivity index (χ0v) is 24.2. The highest BCUT2D eigenvalue weighted by atomic mass is 35.5. The third-order valence-electron chi connectivity index (χ3n) is 5.98. The van der Waals surface area contributed by atoms with Crippen LogP contribution >= 0.6 is 11.6 Å². The molecule has 1 heterocycles.